The normalized spacial score (nSPS) is 22.9. The van der Waals surface area contributed by atoms with Gasteiger partial charge in [0.1, 0.15) is 66.2 Å². The Balaban J connectivity index is 1.43. The maximum absolute atomic E-state index is 15.3. The SMILES string of the molecule is CC(C)[C@H](NC(=O)[C@@H]1CSSC(C)(C)[C@H](NC(=O)[C@H](C)NC(=O)[C@@H]2CCCN2C(=O)[C@@H](NC(=O)[C@H](C)N)[C@@H](C)O)C(=O)N[C@@H](Cc2ccccc2)C(=O)N[C@H](Cc2c[nH]c3ccccc23)C(=O)N[C@@H](CCCN)C(=O)N[C@@H](Cc2ccc(O)cc2)C(=O)N1)C(=O)O. The van der Waals surface area contributed by atoms with E-state index in [1.165, 1.54) is 49.9 Å². The Bertz CT molecular complexity index is 3240. The fourth-order valence-corrected chi connectivity index (χ4v) is 13.2. The number of nitrogens with one attached hydrogen (secondary N) is 10. The van der Waals surface area contributed by atoms with E-state index in [1.807, 2.05) is 18.2 Å². The summed E-state index contributed by atoms with van der Waals surface area (Å²) in [6.45, 7) is 10.4. The number of fused-ring (bicyclic) bond motifs is 1. The first kappa shape index (κ1) is 71.8. The van der Waals surface area contributed by atoms with Gasteiger partial charge in [-0.3, -0.25) is 47.9 Å². The molecule has 0 radical (unpaired) electrons. The number of aliphatic hydroxyl groups is 1. The summed E-state index contributed by atoms with van der Waals surface area (Å²) < 4.78 is -1.48. The Morgan fingerprint density at radius 3 is 1.87 bits per heavy atom. The first-order valence-electron chi connectivity index (χ1n) is 30.2. The largest absolute Gasteiger partial charge is 0.508 e. The zero-order valence-corrected chi connectivity index (χ0v) is 53.5. The number of benzene rings is 3. The van der Waals surface area contributed by atoms with E-state index in [-0.39, 0.29) is 63.1 Å². The van der Waals surface area contributed by atoms with Gasteiger partial charge in [-0.1, -0.05) is 96.1 Å². The molecule has 0 aliphatic carbocycles. The van der Waals surface area contributed by atoms with Gasteiger partial charge < -0.3 is 84.5 Å². The van der Waals surface area contributed by atoms with Crippen molar-refractivity contribution in [1.29, 1.82) is 0 Å². The Hall–Kier alpha value is -8.25. The first-order valence-corrected chi connectivity index (χ1v) is 32.5. The lowest BCUT2D eigenvalue weighted by Crippen LogP contribution is -2.63. The van der Waals surface area contributed by atoms with Crippen LogP contribution >= 0.6 is 21.6 Å². The number of aromatic nitrogens is 1. The molecular weight excluding hydrogens is 1210 g/mol. The molecule has 6 rings (SSSR count). The summed E-state index contributed by atoms with van der Waals surface area (Å²) in [6, 6.07) is 6.11. The molecule has 27 nitrogen and oxygen atoms in total. The predicted molar refractivity (Wildman–Crippen MR) is 342 cm³/mol. The molecule has 1 aromatic heterocycles. The van der Waals surface area contributed by atoms with Crippen molar-refractivity contribution in [3.63, 3.8) is 0 Å². The smallest absolute Gasteiger partial charge is 0.326 e. The highest BCUT2D eigenvalue weighted by molar-refractivity contribution is 8.77. The van der Waals surface area contributed by atoms with Gasteiger partial charge in [0.05, 0.1) is 12.1 Å². The second-order valence-electron chi connectivity index (χ2n) is 23.8. The number of aliphatic hydroxyl groups excluding tert-OH is 1. The molecule has 2 aliphatic rings. The van der Waals surface area contributed by atoms with Crippen LogP contribution in [0.5, 0.6) is 5.75 Å². The van der Waals surface area contributed by atoms with Crippen LogP contribution in [0.15, 0.2) is 85.1 Å². The highest BCUT2D eigenvalue weighted by Gasteiger charge is 2.44. The number of hydrogen-bond donors (Lipinski definition) is 15. The number of carboxylic acid groups (broad SMARTS) is 1. The minimum Gasteiger partial charge on any atom is -0.508 e. The molecule has 0 bridgehead atoms. The lowest BCUT2D eigenvalue weighted by molar-refractivity contribution is -0.144. The average Bonchev–Trinajstić information content (AvgIpc) is 2.20. The van der Waals surface area contributed by atoms with E-state index in [2.05, 4.69) is 52.8 Å². The molecule has 3 heterocycles. The third-order valence-corrected chi connectivity index (χ3v) is 19.0. The number of H-pyrrole nitrogens is 1. The highest BCUT2D eigenvalue weighted by Crippen LogP contribution is 2.39. The van der Waals surface area contributed by atoms with Crippen molar-refractivity contribution in [2.24, 2.45) is 17.4 Å². The lowest BCUT2D eigenvalue weighted by Gasteiger charge is -2.35. The number of nitrogens with two attached hydrogens (primary N) is 2. The summed E-state index contributed by atoms with van der Waals surface area (Å²) in [5.41, 5.74) is 14.0. The van der Waals surface area contributed by atoms with Crippen LogP contribution in [0.1, 0.15) is 90.8 Å². The summed E-state index contributed by atoms with van der Waals surface area (Å²) in [6.07, 6.45) is 0.377. The number of para-hydroxylation sites is 1. The van der Waals surface area contributed by atoms with E-state index >= 15 is 14.4 Å². The quantitative estimate of drug-likeness (QED) is 0.0474. The minimum atomic E-state index is -1.63. The summed E-state index contributed by atoms with van der Waals surface area (Å²) in [4.78, 5) is 161. The number of carbonyl (C=O) groups excluding carboxylic acids is 10. The highest BCUT2D eigenvalue weighted by atomic mass is 33.1. The number of phenolic OH excluding ortho intramolecular Hbond substituents is 1. The van der Waals surface area contributed by atoms with Crippen molar-refractivity contribution < 1.29 is 68.1 Å². The number of phenols is 1. The second kappa shape index (κ2) is 33.2. The van der Waals surface area contributed by atoms with Crippen LogP contribution in [0.2, 0.25) is 0 Å². The molecule has 2 fully saturated rings. The molecule has 4 aromatic rings. The Morgan fingerprint density at radius 2 is 1.26 bits per heavy atom. The van der Waals surface area contributed by atoms with Gasteiger partial charge >= 0.3 is 5.97 Å². The predicted octanol–water partition coefficient (Wildman–Crippen LogP) is -0.343. The van der Waals surface area contributed by atoms with Gasteiger partial charge in [0.2, 0.25) is 59.1 Å². The van der Waals surface area contributed by atoms with Gasteiger partial charge in [0.25, 0.3) is 0 Å². The van der Waals surface area contributed by atoms with Crippen molar-refractivity contribution in [2.75, 3.05) is 18.8 Å². The zero-order valence-electron chi connectivity index (χ0n) is 51.9. The van der Waals surface area contributed by atoms with Crippen LogP contribution in [-0.2, 0) is 72.0 Å². The molecular formula is C62H85N13O14S2. The van der Waals surface area contributed by atoms with Crippen LogP contribution in [0, 0.1) is 5.92 Å². The molecule has 10 amide bonds. The molecule has 0 saturated carbocycles. The van der Waals surface area contributed by atoms with Crippen LogP contribution in [0.3, 0.4) is 0 Å². The van der Waals surface area contributed by atoms with E-state index in [1.54, 1.807) is 70.3 Å². The molecule has 0 spiro atoms. The Kier molecular flexibility index (Phi) is 26.2. The van der Waals surface area contributed by atoms with Crippen LogP contribution in [0.4, 0.5) is 0 Å². The van der Waals surface area contributed by atoms with Gasteiger partial charge in [-0.25, -0.2) is 4.79 Å². The number of hydrogen-bond acceptors (Lipinski definition) is 17. The van der Waals surface area contributed by atoms with Crippen molar-refractivity contribution in [3.8, 4) is 5.75 Å². The number of carboxylic acids is 1. The van der Waals surface area contributed by atoms with E-state index in [0.29, 0.717) is 34.0 Å². The van der Waals surface area contributed by atoms with Crippen molar-refractivity contribution in [1.82, 2.24) is 57.7 Å². The molecule has 0 unspecified atom stereocenters. The Labute approximate surface area is 535 Å². The van der Waals surface area contributed by atoms with E-state index in [4.69, 9.17) is 11.5 Å². The fourth-order valence-electron chi connectivity index (χ4n) is 10.4. The van der Waals surface area contributed by atoms with Crippen LogP contribution in [-0.4, -0.2) is 186 Å². The monoisotopic (exact) mass is 1300 g/mol. The van der Waals surface area contributed by atoms with Gasteiger partial charge in [-0.15, -0.1) is 0 Å². The molecule has 17 N–H and O–H groups in total. The second-order valence-corrected chi connectivity index (χ2v) is 26.8. The van der Waals surface area contributed by atoms with E-state index in [0.717, 1.165) is 21.6 Å². The molecule has 2 aliphatic heterocycles. The first-order chi connectivity index (χ1) is 43.1. The van der Waals surface area contributed by atoms with Gasteiger partial charge in [-0.05, 0) is 108 Å². The Morgan fingerprint density at radius 1 is 0.692 bits per heavy atom. The maximum atomic E-state index is 15.3. The number of likely N-dealkylation sites (tertiary alicyclic amines) is 1. The molecule has 3 aromatic carbocycles. The summed E-state index contributed by atoms with van der Waals surface area (Å²) >= 11 is 0. The molecule has 12 atom stereocenters. The summed E-state index contributed by atoms with van der Waals surface area (Å²) in [5, 5.41) is 55.7. The van der Waals surface area contributed by atoms with Gasteiger partial charge in [-0.2, -0.15) is 0 Å². The number of carbonyl (C=O) groups is 11. The maximum Gasteiger partial charge on any atom is 0.326 e. The van der Waals surface area contributed by atoms with Crippen LogP contribution in [0.25, 0.3) is 10.9 Å². The van der Waals surface area contributed by atoms with Crippen molar-refractivity contribution >= 4 is 97.5 Å². The molecule has 494 valence electrons. The number of aliphatic carboxylic acids is 1. The van der Waals surface area contributed by atoms with E-state index < -0.39 is 148 Å². The minimum absolute atomic E-state index is 0.0586. The van der Waals surface area contributed by atoms with Crippen molar-refractivity contribution in [2.45, 2.75) is 171 Å². The number of amides is 10. The summed E-state index contributed by atoms with van der Waals surface area (Å²) in [7, 11) is 1.91. The third kappa shape index (κ3) is 20.1. The molecule has 91 heavy (non-hydrogen) atoms. The van der Waals surface area contributed by atoms with Crippen LogP contribution < -0.4 is 59.3 Å². The fraction of sp³-hybridized carbons (Fsp3) is 0.500. The van der Waals surface area contributed by atoms with Gasteiger partial charge in [0, 0.05) is 53.4 Å². The topological polar surface area (TPSA) is 428 Å². The molecule has 2 saturated heterocycles. The molecule has 29 heteroatoms. The van der Waals surface area contributed by atoms with Crippen molar-refractivity contribution in [3.05, 3.63) is 102 Å². The number of rotatable bonds is 21. The average molecular weight is 1300 g/mol. The standard InChI is InChI=1S/C62H85N13O14S2/c1-32(2)48(61(88)89)72-57(84)46-31-90-91-62(6,7)50(74-52(79)34(4)66-58(85)47-20-14-26-75(47)60(87)49(35(5)76)73-51(78)33(3)64)59(86)70-44(27-36-15-9-8-10-16-36)54(81)69-45(29-38-30-65-41-18-12-11-17-40(38)41)56(83)67-42(19-13-25-63)53(80)68-43(55(82)71-46)28-37-21-23-39(77)24-22-37/h8-12,15-18,21-24,30,32-35,42-50,65,76-77H,13-14,19-20,25-29,31,63-64H2,1-7H3,(H,66,85)(H,67,83)(H,68,80)(H,69,81)(H,70,86)(H,71,82)(H,72,84)(H,73,78)(H,74,79)(H,88,89)/t33-,34-,35+,42-,43-,44-,45+,46-,47-,48-,49-,50+/m0/s1. The summed E-state index contributed by atoms with van der Waals surface area (Å²) in [5.74, 6) is -10.9. The number of nitrogens with zero attached hydrogens (tertiary/aromatic N) is 1. The zero-order chi connectivity index (χ0) is 66.9. The lowest BCUT2D eigenvalue weighted by atomic mass is 9.99. The number of aromatic amines is 1. The van der Waals surface area contributed by atoms with Gasteiger partial charge in [0.15, 0.2) is 0 Å². The third-order valence-electron chi connectivity index (χ3n) is 15.7. The number of aromatic hydroxyl groups is 1. The van der Waals surface area contributed by atoms with E-state index in [9.17, 15) is 53.7 Å².